The molecule has 0 aliphatic heterocycles. The standard InChI is InChI=1S/C14H19NO5S/c1-9-3-2-4-10(7-9)15-21(19,20)11-5-6-13(16)12(8-11)14(17)18/h5-6,8-10,15-16H,2-4,7H2,1H3,(H,17,18). The van der Waals surface area contributed by atoms with E-state index >= 15 is 0 Å². The summed E-state index contributed by atoms with van der Waals surface area (Å²) >= 11 is 0. The van der Waals surface area contributed by atoms with Gasteiger partial charge in [-0.05, 0) is 37.0 Å². The molecule has 1 aromatic carbocycles. The molecule has 0 radical (unpaired) electrons. The second-order valence-electron chi connectivity index (χ2n) is 5.57. The summed E-state index contributed by atoms with van der Waals surface area (Å²) in [6, 6.07) is 3.14. The highest BCUT2D eigenvalue weighted by Gasteiger charge is 2.25. The van der Waals surface area contributed by atoms with Crippen LogP contribution < -0.4 is 4.72 Å². The maximum atomic E-state index is 12.3. The lowest BCUT2D eigenvalue weighted by atomic mass is 9.88. The first-order chi connectivity index (χ1) is 9.79. The number of rotatable bonds is 4. The first kappa shape index (κ1) is 15.8. The first-order valence-electron chi connectivity index (χ1n) is 6.88. The molecule has 6 nitrogen and oxygen atoms in total. The molecule has 2 unspecified atom stereocenters. The summed E-state index contributed by atoms with van der Waals surface area (Å²) in [6.07, 6.45) is 3.64. The summed E-state index contributed by atoms with van der Waals surface area (Å²) in [7, 11) is -3.78. The smallest absolute Gasteiger partial charge is 0.339 e. The molecule has 2 rings (SSSR count). The third kappa shape index (κ3) is 3.74. The minimum absolute atomic E-state index is 0.124. The Morgan fingerprint density at radius 3 is 2.67 bits per heavy atom. The largest absolute Gasteiger partial charge is 0.507 e. The molecular formula is C14H19NO5S. The monoisotopic (exact) mass is 313 g/mol. The van der Waals surface area contributed by atoms with Crippen LogP contribution in [-0.4, -0.2) is 30.6 Å². The average molecular weight is 313 g/mol. The van der Waals surface area contributed by atoms with Crippen LogP contribution in [0.1, 0.15) is 43.0 Å². The maximum absolute atomic E-state index is 12.3. The zero-order valence-corrected chi connectivity index (χ0v) is 12.6. The molecule has 21 heavy (non-hydrogen) atoms. The van der Waals surface area contributed by atoms with Gasteiger partial charge in [0.15, 0.2) is 0 Å². The molecule has 1 fully saturated rings. The van der Waals surface area contributed by atoms with Gasteiger partial charge >= 0.3 is 5.97 Å². The molecule has 1 aliphatic carbocycles. The van der Waals surface area contributed by atoms with Crippen molar-refractivity contribution >= 4 is 16.0 Å². The van der Waals surface area contributed by atoms with Gasteiger partial charge in [-0.1, -0.05) is 19.8 Å². The van der Waals surface area contributed by atoms with Crippen LogP contribution in [0, 0.1) is 5.92 Å². The molecule has 3 N–H and O–H groups in total. The fraction of sp³-hybridized carbons (Fsp3) is 0.500. The van der Waals surface area contributed by atoms with Gasteiger partial charge in [0, 0.05) is 6.04 Å². The van der Waals surface area contributed by atoms with Crippen LogP contribution in [-0.2, 0) is 10.0 Å². The summed E-state index contributed by atoms with van der Waals surface area (Å²) in [4.78, 5) is 10.8. The number of aromatic hydroxyl groups is 1. The van der Waals surface area contributed by atoms with E-state index in [0.717, 1.165) is 37.8 Å². The lowest BCUT2D eigenvalue weighted by Gasteiger charge is -2.27. The van der Waals surface area contributed by atoms with E-state index in [0.29, 0.717) is 5.92 Å². The SMILES string of the molecule is CC1CCCC(NS(=O)(=O)c2ccc(O)c(C(=O)O)c2)C1. The van der Waals surface area contributed by atoms with Crippen molar-refractivity contribution in [3.63, 3.8) is 0 Å². The van der Waals surface area contributed by atoms with Crippen LogP contribution in [0.25, 0.3) is 0 Å². The number of benzene rings is 1. The lowest BCUT2D eigenvalue weighted by Crippen LogP contribution is -2.37. The number of carboxylic acid groups (broad SMARTS) is 1. The Balaban J connectivity index is 2.23. The molecule has 0 bridgehead atoms. The molecule has 0 aromatic heterocycles. The highest BCUT2D eigenvalue weighted by Crippen LogP contribution is 2.26. The molecule has 0 spiro atoms. The van der Waals surface area contributed by atoms with Crippen LogP contribution in [0.2, 0.25) is 0 Å². The molecule has 0 saturated heterocycles. The Kier molecular flexibility index (Phi) is 4.53. The molecule has 7 heteroatoms. The number of aromatic carboxylic acids is 1. The zero-order valence-electron chi connectivity index (χ0n) is 11.7. The Labute approximate surface area is 123 Å². The van der Waals surface area contributed by atoms with Gasteiger partial charge in [-0.2, -0.15) is 0 Å². The summed E-state index contributed by atoms with van der Waals surface area (Å²) in [6.45, 7) is 2.09. The average Bonchev–Trinajstić information content (AvgIpc) is 2.38. The van der Waals surface area contributed by atoms with Gasteiger partial charge in [0.05, 0.1) is 4.90 Å². The predicted octanol–water partition coefficient (Wildman–Crippen LogP) is 1.95. The topological polar surface area (TPSA) is 104 Å². The lowest BCUT2D eigenvalue weighted by molar-refractivity contribution is 0.0693. The van der Waals surface area contributed by atoms with Gasteiger partial charge in [0.25, 0.3) is 0 Å². The summed E-state index contributed by atoms with van der Waals surface area (Å²) in [5, 5.41) is 18.4. The second kappa shape index (κ2) is 6.03. The van der Waals surface area contributed by atoms with E-state index in [1.54, 1.807) is 0 Å². The summed E-state index contributed by atoms with van der Waals surface area (Å²) in [5.41, 5.74) is -0.421. The fourth-order valence-corrected chi connectivity index (χ4v) is 3.99. The van der Waals surface area contributed by atoms with E-state index in [9.17, 15) is 18.3 Å². The Hall–Kier alpha value is -1.60. The Bertz CT molecular complexity index is 641. The van der Waals surface area contributed by atoms with Crippen molar-refractivity contribution in [1.82, 2.24) is 4.72 Å². The maximum Gasteiger partial charge on any atom is 0.339 e. The molecule has 116 valence electrons. The van der Waals surface area contributed by atoms with Crippen LogP contribution in [0.3, 0.4) is 0 Å². The van der Waals surface area contributed by atoms with Gasteiger partial charge in [0.1, 0.15) is 11.3 Å². The van der Waals surface area contributed by atoms with Gasteiger partial charge in [-0.15, -0.1) is 0 Å². The number of carbonyl (C=O) groups is 1. The number of carboxylic acids is 1. The minimum Gasteiger partial charge on any atom is -0.507 e. The van der Waals surface area contributed by atoms with Crippen molar-refractivity contribution in [2.45, 2.75) is 43.5 Å². The number of nitrogens with one attached hydrogen (secondary N) is 1. The number of sulfonamides is 1. The number of phenols is 1. The van der Waals surface area contributed by atoms with Gasteiger partial charge in [0.2, 0.25) is 10.0 Å². The predicted molar refractivity (Wildman–Crippen MR) is 76.8 cm³/mol. The summed E-state index contributed by atoms with van der Waals surface area (Å²) in [5.74, 6) is -1.34. The third-order valence-electron chi connectivity index (χ3n) is 3.77. The molecule has 0 heterocycles. The van der Waals surface area contributed by atoms with Gasteiger partial charge in [-0.25, -0.2) is 17.9 Å². The van der Waals surface area contributed by atoms with Gasteiger partial charge in [-0.3, -0.25) is 0 Å². The van der Waals surface area contributed by atoms with Crippen LogP contribution >= 0.6 is 0 Å². The first-order valence-corrected chi connectivity index (χ1v) is 8.36. The molecular weight excluding hydrogens is 294 g/mol. The van der Waals surface area contributed by atoms with Crippen LogP contribution in [0.4, 0.5) is 0 Å². The van der Waals surface area contributed by atoms with Crippen molar-refractivity contribution < 1.29 is 23.4 Å². The van der Waals surface area contributed by atoms with Gasteiger partial charge < -0.3 is 10.2 Å². The van der Waals surface area contributed by atoms with E-state index in [1.807, 2.05) is 0 Å². The van der Waals surface area contributed by atoms with E-state index in [4.69, 9.17) is 5.11 Å². The number of hydrogen-bond donors (Lipinski definition) is 3. The van der Waals surface area contributed by atoms with Crippen molar-refractivity contribution in [3.05, 3.63) is 23.8 Å². The van der Waals surface area contributed by atoms with E-state index in [2.05, 4.69) is 11.6 Å². The van der Waals surface area contributed by atoms with Crippen LogP contribution in [0.15, 0.2) is 23.1 Å². The van der Waals surface area contributed by atoms with Crippen molar-refractivity contribution in [3.8, 4) is 5.75 Å². The molecule has 0 amide bonds. The normalized spacial score (nSPS) is 22.9. The molecule has 2 atom stereocenters. The highest BCUT2D eigenvalue weighted by atomic mass is 32.2. The van der Waals surface area contributed by atoms with E-state index in [1.165, 1.54) is 6.07 Å². The minimum atomic E-state index is -3.78. The van der Waals surface area contributed by atoms with Crippen molar-refractivity contribution in [2.75, 3.05) is 0 Å². The van der Waals surface area contributed by atoms with Crippen molar-refractivity contribution in [1.29, 1.82) is 0 Å². The molecule has 1 saturated carbocycles. The zero-order chi connectivity index (χ0) is 15.6. The number of hydrogen-bond acceptors (Lipinski definition) is 4. The summed E-state index contributed by atoms with van der Waals surface area (Å²) < 4.78 is 27.2. The van der Waals surface area contributed by atoms with Crippen LogP contribution in [0.5, 0.6) is 5.75 Å². The van der Waals surface area contributed by atoms with E-state index < -0.39 is 27.3 Å². The Morgan fingerprint density at radius 2 is 2.05 bits per heavy atom. The van der Waals surface area contributed by atoms with E-state index in [-0.39, 0.29) is 10.9 Å². The fourth-order valence-electron chi connectivity index (χ4n) is 2.68. The highest BCUT2D eigenvalue weighted by molar-refractivity contribution is 7.89. The Morgan fingerprint density at radius 1 is 1.33 bits per heavy atom. The van der Waals surface area contributed by atoms with Crippen molar-refractivity contribution in [2.24, 2.45) is 5.92 Å². The molecule has 1 aromatic rings. The molecule has 1 aliphatic rings. The quantitative estimate of drug-likeness (QED) is 0.788. The second-order valence-corrected chi connectivity index (χ2v) is 7.29. The third-order valence-corrected chi connectivity index (χ3v) is 5.29.